The van der Waals surface area contributed by atoms with Crippen LogP contribution in [0.5, 0.6) is 0 Å². The van der Waals surface area contributed by atoms with Crippen LogP contribution in [0.4, 0.5) is 11.4 Å². The van der Waals surface area contributed by atoms with Gasteiger partial charge in [0, 0.05) is 42.9 Å². The van der Waals surface area contributed by atoms with Crippen molar-refractivity contribution in [1.29, 1.82) is 0 Å². The lowest BCUT2D eigenvalue weighted by Gasteiger charge is -2.27. The molecule has 0 unspecified atom stereocenters. The molecule has 0 aliphatic heterocycles. The predicted octanol–water partition coefficient (Wildman–Crippen LogP) is 3.12. The van der Waals surface area contributed by atoms with Crippen LogP contribution in [0.1, 0.15) is 48.2 Å². The van der Waals surface area contributed by atoms with Crippen LogP contribution in [0.15, 0.2) is 64.0 Å². The Balaban J connectivity index is 2.75. The molecule has 0 aliphatic carbocycles. The summed E-state index contributed by atoms with van der Waals surface area (Å²) in [6, 6.07) is 6.03. The molecule has 0 aromatic heterocycles. The first-order chi connectivity index (χ1) is 21.8. The number of nitrogens with zero attached hydrogens (tertiary/aromatic N) is 2. The van der Waals surface area contributed by atoms with Gasteiger partial charge in [0.1, 0.15) is 6.54 Å². The SMILES string of the molecule is C\C(=C/C=C/C(C)=[N+](\CCCS(=O)(=O)O)c1c(C)cc(S(=O)(=O)O)cc1S(=O)(=O)O)N(CCCS(=O)(=O)O)c1cccc(C(=O)O)c1C. The van der Waals surface area contributed by atoms with Crippen LogP contribution in [0.25, 0.3) is 0 Å². The molecular weight excluding hydrogens is 717 g/mol. The number of allylic oxidation sites excluding steroid dienone is 4. The highest BCUT2D eigenvalue weighted by atomic mass is 32.2. The molecule has 0 saturated heterocycles. The molecule has 48 heavy (non-hydrogen) atoms. The van der Waals surface area contributed by atoms with E-state index in [9.17, 15) is 61.8 Å². The van der Waals surface area contributed by atoms with Crippen molar-refractivity contribution >= 4 is 63.5 Å². The van der Waals surface area contributed by atoms with Crippen LogP contribution < -0.4 is 4.90 Å². The molecule has 0 spiro atoms. The first-order valence-electron chi connectivity index (χ1n) is 13.9. The summed E-state index contributed by atoms with van der Waals surface area (Å²) in [7, 11) is -18.8. The van der Waals surface area contributed by atoms with Gasteiger partial charge in [-0.3, -0.25) is 18.2 Å². The maximum Gasteiger partial charge on any atom is 0.336 e. The van der Waals surface area contributed by atoms with Gasteiger partial charge in [-0.15, -0.1) is 0 Å². The highest BCUT2D eigenvalue weighted by Crippen LogP contribution is 2.32. The van der Waals surface area contributed by atoms with Gasteiger partial charge in [0.25, 0.3) is 30.4 Å². The van der Waals surface area contributed by atoms with E-state index in [1.807, 2.05) is 0 Å². The van der Waals surface area contributed by atoms with Crippen molar-refractivity contribution < 1.29 is 66.4 Å². The molecule has 16 nitrogen and oxygen atoms in total. The van der Waals surface area contributed by atoms with Crippen molar-refractivity contribution in [2.24, 2.45) is 0 Å². The third-order valence-electron chi connectivity index (χ3n) is 7.01. The Morgan fingerprint density at radius 2 is 1.44 bits per heavy atom. The quantitative estimate of drug-likeness (QED) is 0.0714. The number of aryl methyl sites for hydroxylation is 1. The van der Waals surface area contributed by atoms with Crippen LogP contribution >= 0.6 is 0 Å². The predicted molar refractivity (Wildman–Crippen MR) is 177 cm³/mol. The molecule has 0 aliphatic rings. The fourth-order valence-electron chi connectivity index (χ4n) is 4.82. The number of benzene rings is 2. The van der Waals surface area contributed by atoms with E-state index >= 15 is 0 Å². The summed E-state index contributed by atoms with van der Waals surface area (Å²) in [4.78, 5) is 11.6. The zero-order chi connectivity index (χ0) is 36.8. The van der Waals surface area contributed by atoms with Gasteiger partial charge >= 0.3 is 16.1 Å². The Hall–Kier alpha value is -3.50. The Bertz CT molecular complexity index is 2100. The molecule has 2 aromatic rings. The largest absolute Gasteiger partial charge is 0.478 e. The molecule has 20 heteroatoms. The molecule has 2 rings (SSSR count). The lowest BCUT2D eigenvalue weighted by molar-refractivity contribution is -0.443. The van der Waals surface area contributed by atoms with Crippen LogP contribution in [-0.4, -0.2) is 97.8 Å². The highest BCUT2D eigenvalue weighted by Gasteiger charge is 2.31. The molecule has 0 radical (unpaired) electrons. The minimum Gasteiger partial charge on any atom is -0.478 e. The summed E-state index contributed by atoms with van der Waals surface area (Å²) in [5.41, 5.74) is 1.26. The number of aromatic carboxylic acids is 1. The number of rotatable bonds is 16. The van der Waals surface area contributed by atoms with Crippen LogP contribution in [0, 0.1) is 13.8 Å². The summed E-state index contributed by atoms with van der Waals surface area (Å²) >= 11 is 0. The third kappa shape index (κ3) is 11.9. The number of carboxylic acid groups (broad SMARTS) is 1. The molecule has 0 bridgehead atoms. The first kappa shape index (κ1) is 40.7. The molecule has 5 N–H and O–H groups in total. The molecular formula is C28H37N2O14S4+. The van der Waals surface area contributed by atoms with E-state index in [1.54, 1.807) is 30.9 Å². The van der Waals surface area contributed by atoms with E-state index in [0.29, 0.717) is 23.0 Å². The summed E-state index contributed by atoms with van der Waals surface area (Å²) < 4.78 is 133. The Morgan fingerprint density at radius 1 is 0.854 bits per heavy atom. The second-order valence-corrected chi connectivity index (χ2v) is 16.6. The van der Waals surface area contributed by atoms with Crippen LogP contribution in [-0.2, 0) is 40.5 Å². The molecule has 0 heterocycles. The Morgan fingerprint density at radius 3 is 1.96 bits per heavy atom. The maximum atomic E-state index is 12.4. The van der Waals surface area contributed by atoms with Crippen molar-refractivity contribution in [3.63, 3.8) is 0 Å². The molecule has 0 atom stereocenters. The van der Waals surface area contributed by atoms with Gasteiger partial charge in [-0.05, 0) is 63.1 Å². The van der Waals surface area contributed by atoms with Crippen LogP contribution in [0.2, 0.25) is 0 Å². The first-order valence-corrected chi connectivity index (χ1v) is 20.0. The van der Waals surface area contributed by atoms with E-state index in [-0.39, 0.29) is 48.5 Å². The van der Waals surface area contributed by atoms with Crippen molar-refractivity contribution in [2.75, 3.05) is 29.5 Å². The Kier molecular flexibility index (Phi) is 13.4. The summed E-state index contributed by atoms with van der Waals surface area (Å²) in [6.45, 7) is 5.79. The number of hydrogen-bond donors (Lipinski definition) is 5. The molecule has 266 valence electrons. The van der Waals surface area contributed by atoms with Crippen LogP contribution in [0.3, 0.4) is 0 Å². The van der Waals surface area contributed by atoms with Crippen molar-refractivity contribution in [1.82, 2.24) is 0 Å². The van der Waals surface area contributed by atoms with Gasteiger partial charge in [-0.2, -0.15) is 38.2 Å². The second kappa shape index (κ2) is 15.8. The summed E-state index contributed by atoms with van der Waals surface area (Å²) in [5, 5.41) is 9.59. The average molecular weight is 754 g/mol. The molecule has 0 saturated carbocycles. The third-order valence-corrected chi connectivity index (χ3v) is 10.3. The van der Waals surface area contributed by atoms with E-state index in [1.165, 1.54) is 42.7 Å². The smallest absolute Gasteiger partial charge is 0.336 e. The van der Waals surface area contributed by atoms with E-state index < -0.39 is 67.7 Å². The fraction of sp³-hybridized carbons (Fsp3) is 0.357. The van der Waals surface area contributed by atoms with Gasteiger partial charge in [0.2, 0.25) is 5.69 Å². The number of carboxylic acids is 1. The average Bonchev–Trinajstić information content (AvgIpc) is 2.91. The summed E-state index contributed by atoms with van der Waals surface area (Å²) in [6.07, 6.45) is 4.22. The second-order valence-electron chi connectivity index (χ2n) is 10.7. The lowest BCUT2D eigenvalue weighted by atomic mass is 10.1. The van der Waals surface area contributed by atoms with Gasteiger partial charge < -0.3 is 10.0 Å². The minimum atomic E-state index is -5.12. The van der Waals surface area contributed by atoms with Gasteiger partial charge in [0.05, 0.1) is 22.0 Å². The van der Waals surface area contributed by atoms with Gasteiger partial charge in [0.15, 0.2) is 10.6 Å². The normalized spacial score (nSPS) is 13.9. The summed E-state index contributed by atoms with van der Waals surface area (Å²) in [5.74, 6) is -2.48. The van der Waals surface area contributed by atoms with E-state index in [0.717, 1.165) is 6.07 Å². The minimum absolute atomic E-state index is 0.00496. The zero-order valence-electron chi connectivity index (χ0n) is 26.3. The lowest BCUT2D eigenvalue weighted by Crippen LogP contribution is -2.25. The Labute approximate surface area is 279 Å². The van der Waals surface area contributed by atoms with E-state index in [4.69, 9.17) is 0 Å². The topological polar surface area (TPSA) is 261 Å². The number of carbonyl (C=O) groups is 1. The number of anilines is 1. The van der Waals surface area contributed by atoms with E-state index in [2.05, 4.69) is 0 Å². The maximum absolute atomic E-state index is 12.4. The number of hydrogen-bond acceptors (Lipinski definition) is 10. The monoisotopic (exact) mass is 753 g/mol. The standard InChI is InChI=1S/C28H36N2O14S4/c1-19-17-23(47(39,40)41)18-26(48(42,43)44)27(19)30(14-8-16-46(36,37)38)21(3)10-5-9-20(2)29(13-7-15-45(33,34)35)25-12-6-11-24(22(25)4)28(31)32/h5-6,9-12,17-18H,7-8,13-16H2,1-4H3,(H4-,31,32,33,34,35,36,37,38,39,40,41,42,43,44)/p+1. The van der Waals surface area contributed by atoms with Crippen molar-refractivity contribution in [3.05, 3.63) is 70.9 Å². The zero-order valence-corrected chi connectivity index (χ0v) is 29.6. The molecule has 0 amide bonds. The van der Waals surface area contributed by atoms with Gasteiger partial charge in [-0.1, -0.05) is 12.1 Å². The van der Waals surface area contributed by atoms with Crippen molar-refractivity contribution in [3.8, 4) is 0 Å². The van der Waals surface area contributed by atoms with Gasteiger partial charge in [-0.25, -0.2) is 4.79 Å². The van der Waals surface area contributed by atoms with Crippen molar-refractivity contribution in [2.45, 2.75) is 50.3 Å². The highest BCUT2D eigenvalue weighted by molar-refractivity contribution is 7.87. The molecule has 2 aromatic carbocycles. The molecule has 0 fully saturated rings. The fourth-order valence-corrected chi connectivity index (χ4v) is 7.27.